The van der Waals surface area contributed by atoms with Gasteiger partial charge < -0.3 is 15.0 Å². The van der Waals surface area contributed by atoms with Crippen LogP contribution < -0.4 is 15.6 Å². The highest BCUT2D eigenvalue weighted by molar-refractivity contribution is 7.99. The van der Waals surface area contributed by atoms with E-state index in [9.17, 15) is 18.0 Å². The zero-order chi connectivity index (χ0) is 23.5. The third kappa shape index (κ3) is 5.32. The summed E-state index contributed by atoms with van der Waals surface area (Å²) in [6.45, 7) is 3.52. The SMILES string of the molecule is COc1ccc(NC(=O)CSc2ncc(S(=O)(=O)c3ccc(C)cc3C)c(=O)[nH]2)cc1Cl. The summed E-state index contributed by atoms with van der Waals surface area (Å²) < 4.78 is 30.8. The molecule has 0 atom stereocenters. The van der Waals surface area contributed by atoms with Gasteiger partial charge in [-0.3, -0.25) is 9.59 Å². The smallest absolute Gasteiger partial charge is 0.270 e. The van der Waals surface area contributed by atoms with Gasteiger partial charge in [-0.15, -0.1) is 0 Å². The summed E-state index contributed by atoms with van der Waals surface area (Å²) in [4.78, 5) is 30.7. The monoisotopic (exact) mass is 493 g/mol. The molecule has 11 heteroatoms. The number of anilines is 1. The maximum Gasteiger partial charge on any atom is 0.270 e. The lowest BCUT2D eigenvalue weighted by atomic mass is 10.2. The fourth-order valence-corrected chi connectivity index (χ4v) is 5.27. The van der Waals surface area contributed by atoms with Crippen LogP contribution in [0.2, 0.25) is 5.02 Å². The highest BCUT2D eigenvalue weighted by Crippen LogP contribution is 2.27. The van der Waals surface area contributed by atoms with Crippen LogP contribution in [0.15, 0.2) is 62.3 Å². The Labute approximate surface area is 194 Å². The van der Waals surface area contributed by atoms with Gasteiger partial charge in [0.05, 0.1) is 29.0 Å². The third-order valence-corrected chi connectivity index (χ3v) is 7.52. The van der Waals surface area contributed by atoms with Crippen LogP contribution in [0.25, 0.3) is 0 Å². The van der Waals surface area contributed by atoms with Crippen molar-refractivity contribution < 1.29 is 17.9 Å². The predicted octanol–water partition coefficient (Wildman–Crippen LogP) is 3.61. The molecule has 0 radical (unpaired) electrons. The van der Waals surface area contributed by atoms with Crippen molar-refractivity contribution >= 4 is 44.8 Å². The Morgan fingerprint density at radius 3 is 2.56 bits per heavy atom. The van der Waals surface area contributed by atoms with E-state index in [2.05, 4.69) is 15.3 Å². The number of aryl methyl sites for hydroxylation is 2. The molecule has 168 valence electrons. The fraction of sp³-hybridized carbons (Fsp3) is 0.190. The molecule has 2 N–H and O–H groups in total. The van der Waals surface area contributed by atoms with Gasteiger partial charge in [0.15, 0.2) is 10.1 Å². The maximum absolute atomic E-state index is 12.9. The topological polar surface area (TPSA) is 118 Å². The van der Waals surface area contributed by atoms with Crippen molar-refractivity contribution in [2.75, 3.05) is 18.2 Å². The summed E-state index contributed by atoms with van der Waals surface area (Å²) in [7, 11) is -2.54. The number of benzene rings is 2. The Bertz CT molecular complexity index is 1340. The van der Waals surface area contributed by atoms with Crippen molar-refractivity contribution in [1.82, 2.24) is 9.97 Å². The van der Waals surface area contributed by atoms with Gasteiger partial charge in [0, 0.05) is 5.69 Å². The largest absolute Gasteiger partial charge is 0.495 e. The first-order chi connectivity index (χ1) is 15.1. The van der Waals surface area contributed by atoms with Gasteiger partial charge in [-0.2, -0.15) is 0 Å². The molecule has 1 aromatic heterocycles. The molecule has 1 heterocycles. The summed E-state index contributed by atoms with van der Waals surface area (Å²) in [5, 5.41) is 3.15. The molecule has 0 saturated heterocycles. The number of carbonyl (C=O) groups excluding carboxylic acids is 1. The van der Waals surface area contributed by atoms with Crippen LogP contribution in [0.3, 0.4) is 0 Å². The summed E-state index contributed by atoms with van der Waals surface area (Å²) in [5.74, 6) is 0.0676. The van der Waals surface area contributed by atoms with Crippen LogP contribution >= 0.6 is 23.4 Å². The van der Waals surface area contributed by atoms with Crippen molar-refractivity contribution in [3.63, 3.8) is 0 Å². The molecular formula is C21H20ClN3O5S2. The fourth-order valence-electron chi connectivity index (χ4n) is 2.93. The van der Waals surface area contributed by atoms with Gasteiger partial charge in [-0.05, 0) is 43.7 Å². The number of hydrogen-bond donors (Lipinski definition) is 2. The molecular weight excluding hydrogens is 474 g/mol. The molecule has 8 nitrogen and oxygen atoms in total. The molecule has 32 heavy (non-hydrogen) atoms. The molecule has 1 amide bonds. The first-order valence-corrected chi connectivity index (χ1v) is 12.1. The normalized spacial score (nSPS) is 11.2. The van der Waals surface area contributed by atoms with Crippen LogP contribution in [-0.4, -0.2) is 37.2 Å². The van der Waals surface area contributed by atoms with Crippen molar-refractivity contribution in [2.45, 2.75) is 28.8 Å². The van der Waals surface area contributed by atoms with Gasteiger partial charge in [0.25, 0.3) is 5.56 Å². The second kappa shape index (κ2) is 9.76. The number of methoxy groups -OCH3 is 1. The number of halogens is 1. The summed E-state index contributed by atoms with van der Waals surface area (Å²) >= 11 is 7.00. The minimum atomic E-state index is -4.03. The predicted molar refractivity (Wildman–Crippen MR) is 124 cm³/mol. The molecule has 0 aliphatic rings. The number of hydrogen-bond acceptors (Lipinski definition) is 7. The number of aromatic nitrogens is 2. The van der Waals surface area contributed by atoms with Crippen LogP contribution in [-0.2, 0) is 14.6 Å². The number of H-pyrrole nitrogens is 1. The molecule has 0 fully saturated rings. The van der Waals surface area contributed by atoms with E-state index in [-0.39, 0.29) is 21.7 Å². The molecule has 0 spiro atoms. The van der Waals surface area contributed by atoms with Crippen LogP contribution in [0.1, 0.15) is 11.1 Å². The van der Waals surface area contributed by atoms with Crippen molar-refractivity contribution in [3.05, 3.63) is 69.1 Å². The van der Waals surface area contributed by atoms with Gasteiger partial charge >= 0.3 is 0 Å². The second-order valence-corrected chi connectivity index (χ2v) is 10.1. The number of thioether (sulfide) groups is 1. The average Bonchev–Trinajstić information content (AvgIpc) is 2.72. The van der Waals surface area contributed by atoms with E-state index in [1.165, 1.54) is 13.2 Å². The molecule has 2 aromatic carbocycles. The Balaban J connectivity index is 1.71. The lowest BCUT2D eigenvalue weighted by molar-refractivity contribution is -0.113. The number of nitrogens with one attached hydrogen (secondary N) is 2. The lowest BCUT2D eigenvalue weighted by Gasteiger charge is -2.09. The van der Waals surface area contributed by atoms with Crippen molar-refractivity contribution in [3.8, 4) is 5.75 Å². The summed E-state index contributed by atoms with van der Waals surface area (Å²) in [6, 6.07) is 9.68. The van der Waals surface area contributed by atoms with Gasteiger partial charge in [0.2, 0.25) is 15.7 Å². The van der Waals surface area contributed by atoms with E-state index in [0.717, 1.165) is 23.5 Å². The Hall–Kier alpha value is -2.82. The van der Waals surface area contributed by atoms with E-state index in [1.807, 2.05) is 6.92 Å². The van der Waals surface area contributed by atoms with Crippen molar-refractivity contribution in [2.24, 2.45) is 0 Å². The molecule has 0 aliphatic heterocycles. The zero-order valence-corrected chi connectivity index (χ0v) is 19.8. The third-order valence-electron chi connectivity index (χ3n) is 4.43. The number of ether oxygens (including phenoxy) is 1. The van der Waals surface area contributed by atoms with Gasteiger partial charge in [0.1, 0.15) is 5.75 Å². The standard InChI is InChI=1S/C21H20ClN3O5S2/c1-12-4-7-17(13(2)8-12)32(28,29)18-10-23-21(25-20(18)27)31-11-19(26)24-14-5-6-16(30-3)15(22)9-14/h4-10H,11H2,1-3H3,(H,24,26)(H,23,25,27). The van der Waals surface area contributed by atoms with E-state index in [1.54, 1.807) is 37.3 Å². The highest BCUT2D eigenvalue weighted by atomic mass is 35.5. The Morgan fingerprint density at radius 1 is 1.19 bits per heavy atom. The number of sulfone groups is 1. The summed E-state index contributed by atoms with van der Waals surface area (Å²) in [6.07, 6.45) is 1.01. The van der Waals surface area contributed by atoms with Gasteiger partial charge in [-0.1, -0.05) is 41.1 Å². The lowest BCUT2D eigenvalue weighted by Crippen LogP contribution is -2.20. The number of carbonyl (C=O) groups is 1. The minimum Gasteiger partial charge on any atom is -0.495 e. The Kier molecular flexibility index (Phi) is 7.27. The number of nitrogens with zero attached hydrogens (tertiary/aromatic N) is 1. The van der Waals surface area contributed by atoms with E-state index < -0.39 is 20.3 Å². The first-order valence-electron chi connectivity index (χ1n) is 9.29. The molecule has 0 unspecified atom stereocenters. The van der Waals surface area contributed by atoms with Crippen LogP contribution in [0.5, 0.6) is 5.75 Å². The van der Waals surface area contributed by atoms with E-state index in [0.29, 0.717) is 22.0 Å². The highest BCUT2D eigenvalue weighted by Gasteiger charge is 2.24. The van der Waals surface area contributed by atoms with Crippen LogP contribution in [0.4, 0.5) is 5.69 Å². The van der Waals surface area contributed by atoms with E-state index >= 15 is 0 Å². The number of amides is 1. The van der Waals surface area contributed by atoms with Crippen molar-refractivity contribution in [1.29, 1.82) is 0 Å². The number of rotatable bonds is 7. The molecule has 3 rings (SSSR count). The molecule has 3 aromatic rings. The first kappa shape index (κ1) is 23.8. The molecule has 0 aliphatic carbocycles. The maximum atomic E-state index is 12.9. The second-order valence-electron chi connectivity index (χ2n) is 6.84. The van der Waals surface area contributed by atoms with Gasteiger partial charge in [-0.25, -0.2) is 13.4 Å². The van der Waals surface area contributed by atoms with E-state index in [4.69, 9.17) is 16.3 Å². The number of aromatic amines is 1. The Morgan fingerprint density at radius 2 is 1.94 bits per heavy atom. The van der Waals surface area contributed by atoms with Crippen LogP contribution in [0, 0.1) is 13.8 Å². The zero-order valence-electron chi connectivity index (χ0n) is 17.4. The average molecular weight is 494 g/mol. The molecule has 0 saturated carbocycles. The quantitative estimate of drug-likeness (QED) is 0.381. The minimum absolute atomic E-state index is 0.0494. The summed E-state index contributed by atoms with van der Waals surface area (Å²) in [5.41, 5.74) is 1.14. The molecule has 0 bridgehead atoms.